The SMILES string of the molecule is CC(C(=O)Nc1ccc(S(=O)(=O)N2CCCC2)cc1)N1C(=O)C2CC=CCC2C1=O. The van der Waals surface area contributed by atoms with Gasteiger partial charge in [0.05, 0.1) is 16.7 Å². The fraction of sp³-hybridized carbons (Fsp3) is 0.476. The minimum Gasteiger partial charge on any atom is -0.324 e. The van der Waals surface area contributed by atoms with Crippen LogP contribution in [0.5, 0.6) is 0 Å². The van der Waals surface area contributed by atoms with E-state index in [1.807, 2.05) is 12.2 Å². The quantitative estimate of drug-likeness (QED) is 0.565. The van der Waals surface area contributed by atoms with E-state index in [1.54, 1.807) is 0 Å². The van der Waals surface area contributed by atoms with E-state index in [0.29, 0.717) is 31.6 Å². The van der Waals surface area contributed by atoms with E-state index in [1.165, 1.54) is 35.5 Å². The van der Waals surface area contributed by atoms with E-state index in [0.717, 1.165) is 17.7 Å². The Kier molecular flexibility index (Phi) is 5.50. The third-order valence-electron chi connectivity index (χ3n) is 6.13. The Bertz CT molecular complexity index is 970. The number of nitrogens with zero attached hydrogens (tertiary/aromatic N) is 2. The monoisotopic (exact) mass is 431 g/mol. The Morgan fingerprint density at radius 3 is 2.07 bits per heavy atom. The molecule has 160 valence electrons. The summed E-state index contributed by atoms with van der Waals surface area (Å²) in [6, 6.07) is 5.01. The van der Waals surface area contributed by atoms with Crippen LogP contribution in [0.3, 0.4) is 0 Å². The first-order chi connectivity index (χ1) is 14.3. The van der Waals surface area contributed by atoms with Gasteiger partial charge in [-0.2, -0.15) is 4.31 Å². The molecule has 0 aromatic heterocycles. The third-order valence-corrected chi connectivity index (χ3v) is 8.05. The molecule has 3 aliphatic rings. The van der Waals surface area contributed by atoms with Crippen LogP contribution in [0.4, 0.5) is 5.69 Å². The molecule has 9 heteroatoms. The molecular weight excluding hydrogens is 406 g/mol. The van der Waals surface area contributed by atoms with Gasteiger partial charge in [-0.3, -0.25) is 19.3 Å². The Morgan fingerprint density at radius 1 is 1.00 bits per heavy atom. The maximum atomic E-state index is 12.7. The molecule has 1 aromatic carbocycles. The summed E-state index contributed by atoms with van der Waals surface area (Å²) in [5, 5.41) is 2.68. The third kappa shape index (κ3) is 3.56. The molecule has 0 spiro atoms. The molecule has 2 fully saturated rings. The van der Waals surface area contributed by atoms with Crippen molar-refractivity contribution < 1.29 is 22.8 Å². The number of carbonyl (C=O) groups is 3. The van der Waals surface area contributed by atoms with Crippen molar-refractivity contribution in [2.24, 2.45) is 11.8 Å². The zero-order valence-corrected chi connectivity index (χ0v) is 17.6. The van der Waals surface area contributed by atoms with Crippen molar-refractivity contribution in [3.8, 4) is 0 Å². The molecule has 1 aliphatic carbocycles. The van der Waals surface area contributed by atoms with Gasteiger partial charge in [-0.05, 0) is 56.9 Å². The smallest absolute Gasteiger partial charge is 0.247 e. The highest BCUT2D eigenvalue weighted by Crippen LogP contribution is 2.36. The van der Waals surface area contributed by atoms with Gasteiger partial charge < -0.3 is 5.32 Å². The number of fused-ring (bicyclic) bond motifs is 1. The fourth-order valence-corrected chi connectivity index (χ4v) is 5.88. The van der Waals surface area contributed by atoms with Gasteiger partial charge in [0.25, 0.3) is 0 Å². The number of anilines is 1. The Morgan fingerprint density at radius 2 is 1.53 bits per heavy atom. The van der Waals surface area contributed by atoms with E-state index in [4.69, 9.17) is 0 Å². The van der Waals surface area contributed by atoms with Crippen LogP contribution in [0.1, 0.15) is 32.6 Å². The molecule has 1 N–H and O–H groups in total. The summed E-state index contributed by atoms with van der Waals surface area (Å²) in [6.45, 7) is 2.57. The second-order valence-corrected chi connectivity index (χ2v) is 9.94. The van der Waals surface area contributed by atoms with Gasteiger partial charge in [0.2, 0.25) is 27.7 Å². The number of rotatable bonds is 5. The first-order valence-corrected chi connectivity index (χ1v) is 11.7. The van der Waals surface area contributed by atoms with E-state index in [2.05, 4.69) is 5.32 Å². The number of benzene rings is 1. The van der Waals surface area contributed by atoms with Crippen molar-refractivity contribution >= 4 is 33.4 Å². The van der Waals surface area contributed by atoms with Crippen LogP contribution in [0.2, 0.25) is 0 Å². The lowest BCUT2D eigenvalue weighted by Gasteiger charge is -2.22. The summed E-state index contributed by atoms with van der Waals surface area (Å²) in [6.07, 6.45) is 6.56. The van der Waals surface area contributed by atoms with Crippen LogP contribution < -0.4 is 5.32 Å². The van der Waals surface area contributed by atoms with Crippen LogP contribution in [-0.2, 0) is 24.4 Å². The predicted octanol–water partition coefficient (Wildman–Crippen LogP) is 1.75. The van der Waals surface area contributed by atoms with E-state index >= 15 is 0 Å². The first-order valence-electron chi connectivity index (χ1n) is 10.2. The molecule has 3 unspecified atom stereocenters. The van der Waals surface area contributed by atoms with Crippen LogP contribution in [-0.4, -0.2) is 54.5 Å². The summed E-state index contributed by atoms with van der Waals surface area (Å²) in [4.78, 5) is 39.2. The molecule has 2 heterocycles. The number of carbonyl (C=O) groups excluding carboxylic acids is 3. The molecule has 1 aromatic rings. The van der Waals surface area contributed by atoms with Gasteiger partial charge in [-0.25, -0.2) is 8.42 Å². The van der Waals surface area contributed by atoms with Gasteiger partial charge in [0.1, 0.15) is 6.04 Å². The van der Waals surface area contributed by atoms with Crippen molar-refractivity contribution in [1.82, 2.24) is 9.21 Å². The summed E-state index contributed by atoms with van der Waals surface area (Å²) in [5.41, 5.74) is 0.408. The Labute approximate surface area is 176 Å². The molecule has 3 amide bonds. The average molecular weight is 432 g/mol. The largest absolute Gasteiger partial charge is 0.324 e. The maximum absolute atomic E-state index is 12.7. The minimum absolute atomic E-state index is 0.178. The second-order valence-electron chi connectivity index (χ2n) is 8.00. The predicted molar refractivity (Wildman–Crippen MR) is 110 cm³/mol. The molecule has 0 radical (unpaired) electrons. The van der Waals surface area contributed by atoms with Gasteiger partial charge in [0.15, 0.2) is 0 Å². The molecule has 4 rings (SSSR count). The van der Waals surface area contributed by atoms with E-state index in [9.17, 15) is 22.8 Å². The van der Waals surface area contributed by atoms with Gasteiger partial charge >= 0.3 is 0 Å². The lowest BCUT2D eigenvalue weighted by molar-refractivity contribution is -0.146. The zero-order valence-electron chi connectivity index (χ0n) is 16.8. The van der Waals surface area contributed by atoms with Crippen molar-refractivity contribution in [2.75, 3.05) is 18.4 Å². The van der Waals surface area contributed by atoms with Crippen LogP contribution in [0, 0.1) is 11.8 Å². The molecule has 8 nitrogen and oxygen atoms in total. The zero-order chi connectivity index (χ0) is 21.5. The number of imide groups is 1. The Hall–Kier alpha value is -2.52. The fourth-order valence-electron chi connectivity index (χ4n) is 4.36. The normalized spacial score (nSPS) is 25.4. The number of sulfonamides is 1. The number of allylic oxidation sites excluding steroid dienone is 2. The average Bonchev–Trinajstić information content (AvgIpc) is 3.37. The van der Waals surface area contributed by atoms with Gasteiger partial charge in [0, 0.05) is 18.8 Å². The summed E-state index contributed by atoms with van der Waals surface area (Å²) >= 11 is 0. The second kappa shape index (κ2) is 7.96. The van der Waals surface area contributed by atoms with Crippen LogP contribution in [0.15, 0.2) is 41.3 Å². The number of amides is 3. The van der Waals surface area contributed by atoms with E-state index in [-0.39, 0.29) is 28.5 Å². The highest BCUT2D eigenvalue weighted by Gasteiger charge is 2.50. The lowest BCUT2D eigenvalue weighted by atomic mass is 9.85. The topological polar surface area (TPSA) is 104 Å². The summed E-state index contributed by atoms with van der Waals surface area (Å²) in [7, 11) is -3.52. The number of likely N-dealkylation sites (tertiary alicyclic amines) is 1. The van der Waals surface area contributed by atoms with Crippen molar-refractivity contribution in [3.05, 3.63) is 36.4 Å². The number of nitrogens with one attached hydrogen (secondary N) is 1. The number of hydrogen-bond acceptors (Lipinski definition) is 5. The first kappa shape index (κ1) is 20.7. The molecule has 3 atom stereocenters. The molecule has 30 heavy (non-hydrogen) atoms. The standard InChI is InChI=1S/C21H25N3O5S/c1-14(24-20(26)17-6-2-3-7-18(17)21(24)27)19(25)22-15-8-10-16(11-9-15)30(28,29)23-12-4-5-13-23/h2-3,8-11,14,17-18H,4-7,12-13H2,1H3,(H,22,25). The van der Waals surface area contributed by atoms with Crippen molar-refractivity contribution in [2.45, 2.75) is 43.5 Å². The molecule has 2 aliphatic heterocycles. The van der Waals surface area contributed by atoms with Gasteiger partial charge in [-0.15, -0.1) is 0 Å². The highest BCUT2D eigenvalue weighted by atomic mass is 32.2. The van der Waals surface area contributed by atoms with E-state index < -0.39 is 22.0 Å². The molecule has 0 bridgehead atoms. The summed E-state index contributed by atoms with van der Waals surface area (Å²) < 4.78 is 26.7. The maximum Gasteiger partial charge on any atom is 0.247 e. The number of hydrogen-bond donors (Lipinski definition) is 1. The highest BCUT2D eigenvalue weighted by molar-refractivity contribution is 7.89. The van der Waals surface area contributed by atoms with Crippen molar-refractivity contribution in [3.63, 3.8) is 0 Å². The van der Waals surface area contributed by atoms with Gasteiger partial charge in [-0.1, -0.05) is 12.2 Å². The molecule has 2 saturated heterocycles. The Balaban J connectivity index is 1.44. The summed E-state index contributed by atoms with van der Waals surface area (Å²) in [5.74, 6) is -1.85. The minimum atomic E-state index is -3.52. The lowest BCUT2D eigenvalue weighted by Crippen LogP contribution is -2.46. The molecule has 0 saturated carbocycles. The van der Waals surface area contributed by atoms with Crippen LogP contribution >= 0.6 is 0 Å². The molecular formula is C21H25N3O5S. The van der Waals surface area contributed by atoms with Crippen LogP contribution in [0.25, 0.3) is 0 Å². The van der Waals surface area contributed by atoms with Crippen molar-refractivity contribution in [1.29, 1.82) is 0 Å².